The second-order valence-corrected chi connectivity index (χ2v) is 5.92. The Hall–Kier alpha value is -0.750. The molecule has 0 aromatic rings. The molecule has 1 saturated heterocycles. The summed E-state index contributed by atoms with van der Waals surface area (Å²) in [6.45, 7) is 5.79. The van der Waals surface area contributed by atoms with Gasteiger partial charge < -0.3 is 10.4 Å². The van der Waals surface area contributed by atoms with Crippen molar-refractivity contribution in [2.24, 2.45) is 0 Å². The molecule has 6 heteroatoms. The Labute approximate surface area is 99.6 Å². The molecule has 16 heavy (non-hydrogen) atoms. The van der Waals surface area contributed by atoms with Crippen LogP contribution in [0.1, 0.15) is 20.8 Å². The van der Waals surface area contributed by atoms with E-state index in [0.29, 0.717) is 12.3 Å². The second-order valence-electron chi connectivity index (χ2n) is 4.38. The minimum atomic E-state index is -0.787. The summed E-state index contributed by atoms with van der Waals surface area (Å²) in [7, 11) is 0. The summed E-state index contributed by atoms with van der Waals surface area (Å²) in [5.41, 5.74) is -0.787. The first kappa shape index (κ1) is 13.3. The molecule has 1 aliphatic rings. The third-order valence-corrected chi connectivity index (χ3v) is 3.56. The molecule has 3 amide bonds. The van der Waals surface area contributed by atoms with Gasteiger partial charge in [-0.3, -0.25) is 9.69 Å². The molecule has 1 rings (SSSR count). The lowest BCUT2D eigenvalue weighted by molar-refractivity contribution is -0.130. The molecule has 0 aromatic heterocycles. The number of thioether (sulfide) groups is 1. The highest BCUT2D eigenvalue weighted by atomic mass is 32.2. The van der Waals surface area contributed by atoms with Gasteiger partial charge >= 0.3 is 6.03 Å². The van der Waals surface area contributed by atoms with E-state index < -0.39 is 5.54 Å². The summed E-state index contributed by atoms with van der Waals surface area (Å²) < 4.78 is 0. The first-order valence-corrected chi connectivity index (χ1v) is 6.30. The Morgan fingerprint density at radius 3 is 2.56 bits per heavy atom. The number of amides is 3. The van der Waals surface area contributed by atoms with Crippen molar-refractivity contribution in [2.75, 3.05) is 18.9 Å². The van der Waals surface area contributed by atoms with E-state index in [-0.39, 0.29) is 23.8 Å². The predicted octanol–water partition coefficient (Wildman–Crippen LogP) is 0.431. The molecular formula is C10H18N2O3S. The van der Waals surface area contributed by atoms with Crippen LogP contribution in [-0.2, 0) is 4.79 Å². The number of nitrogens with zero attached hydrogens (tertiary/aromatic N) is 1. The second kappa shape index (κ2) is 5.05. The maximum Gasteiger partial charge on any atom is 0.325 e. The molecule has 1 unspecified atom stereocenters. The number of hydrogen-bond acceptors (Lipinski definition) is 4. The Morgan fingerprint density at radius 2 is 2.12 bits per heavy atom. The maximum absolute atomic E-state index is 11.8. The van der Waals surface area contributed by atoms with E-state index in [1.807, 2.05) is 6.92 Å². The van der Waals surface area contributed by atoms with Gasteiger partial charge in [-0.25, -0.2) is 4.79 Å². The minimum absolute atomic E-state index is 0.107. The van der Waals surface area contributed by atoms with Crippen molar-refractivity contribution < 1.29 is 14.7 Å². The van der Waals surface area contributed by atoms with E-state index >= 15 is 0 Å². The predicted molar refractivity (Wildman–Crippen MR) is 63.3 cm³/mol. The van der Waals surface area contributed by atoms with Gasteiger partial charge in [0.05, 0.1) is 6.61 Å². The van der Waals surface area contributed by atoms with Gasteiger partial charge in [0.25, 0.3) is 5.91 Å². The van der Waals surface area contributed by atoms with Crippen molar-refractivity contribution in [3.8, 4) is 0 Å². The molecule has 0 aliphatic carbocycles. The van der Waals surface area contributed by atoms with Crippen LogP contribution in [0.25, 0.3) is 0 Å². The molecule has 92 valence electrons. The van der Waals surface area contributed by atoms with E-state index in [2.05, 4.69) is 5.32 Å². The molecule has 1 fully saturated rings. The lowest BCUT2D eigenvalue weighted by Crippen LogP contribution is -2.40. The third-order valence-electron chi connectivity index (χ3n) is 2.42. The Morgan fingerprint density at radius 1 is 1.50 bits per heavy atom. The average Bonchev–Trinajstić information content (AvgIpc) is 2.39. The van der Waals surface area contributed by atoms with Crippen molar-refractivity contribution in [1.29, 1.82) is 0 Å². The van der Waals surface area contributed by atoms with E-state index in [1.54, 1.807) is 25.6 Å². The number of imide groups is 1. The number of carbonyl (C=O) groups excluding carboxylic acids is 2. The highest BCUT2D eigenvalue weighted by Crippen LogP contribution is 2.18. The fourth-order valence-electron chi connectivity index (χ4n) is 1.42. The summed E-state index contributed by atoms with van der Waals surface area (Å²) in [5.74, 6) is 0.464. The zero-order valence-electron chi connectivity index (χ0n) is 9.82. The fraction of sp³-hybridized carbons (Fsp3) is 0.800. The van der Waals surface area contributed by atoms with E-state index in [9.17, 15) is 9.59 Å². The molecule has 2 N–H and O–H groups in total. The highest BCUT2D eigenvalue weighted by Gasteiger charge is 2.43. The van der Waals surface area contributed by atoms with Crippen molar-refractivity contribution in [3.05, 3.63) is 0 Å². The first-order valence-electron chi connectivity index (χ1n) is 5.25. The number of aliphatic hydroxyl groups is 1. The lowest BCUT2D eigenvalue weighted by atomic mass is 10.1. The van der Waals surface area contributed by atoms with Crippen molar-refractivity contribution in [3.63, 3.8) is 0 Å². The van der Waals surface area contributed by atoms with Crippen LogP contribution in [-0.4, -0.2) is 51.6 Å². The number of nitrogens with one attached hydrogen (secondary N) is 1. The van der Waals surface area contributed by atoms with Crippen LogP contribution in [0.2, 0.25) is 0 Å². The maximum atomic E-state index is 11.8. The third kappa shape index (κ3) is 2.89. The number of urea groups is 1. The SMILES string of the molecule is CC(CO)SCCN1C(=O)NC(C)(C)C1=O. The number of carbonyl (C=O) groups is 2. The summed E-state index contributed by atoms with van der Waals surface area (Å²) in [5, 5.41) is 11.6. The zero-order chi connectivity index (χ0) is 12.3. The van der Waals surface area contributed by atoms with Crippen LogP contribution >= 0.6 is 11.8 Å². The van der Waals surface area contributed by atoms with Crippen molar-refractivity contribution >= 4 is 23.7 Å². The largest absolute Gasteiger partial charge is 0.395 e. The van der Waals surface area contributed by atoms with Crippen LogP contribution in [0.3, 0.4) is 0 Å². The van der Waals surface area contributed by atoms with Gasteiger partial charge in [-0.2, -0.15) is 11.8 Å². The van der Waals surface area contributed by atoms with Gasteiger partial charge in [0.2, 0.25) is 0 Å². The quantitative estimate of drug-likeness (QED) is 0.690. The molecule has 0 aromatic carbocycles. The van der Waals surface area contributed by atoms with E-state index in [1.165, 1.54) is 4.90 Å². The van der Waals surface area contributed by atoms with Crippen LogP contribution in [0, 0.1) is 0 Å². The Bertz CT molecular complexity index is 294. The van der Waals surface area contributed by atoms with Gasteiger partial charge in [-0.05, 0) is 13.8 Å². The first-order chi connectivity index (χ1) is 7.38. The monoisotopic (exact) mass is 246 g/mol. The molecule has 1 heterocycles. The van der Waals surface area contributed by atoms with Gasteiger partial charge in [-0.1, -0.05) is 6.92 Å². The van der Waals surface area contributed by atoms with Gasteiger partial charge in [-0.15, -0.1) is 0 Å². The molecule has 0 spiro atoms. The average molecular weight is 246 g/mol. The van der Waals surface area contributed by atoms with Gasteiger partial charge in [0.1, 0.15) is 5.54 Å². The lowest BCUT2D eigenvalue weighted by Gasteiger charge is -2.16. The molecule has 0 radical (unpaired) electrons. The zero-order valence-corrected chi connectivity index (χ0v) is 10.6. The van der Waals surface area contributed by atoms with Crippen LogP contribution in [0.15, 0.2) is 0 Å². The standard InChI is InChI=1S/C10H18N2O3S/c1-7(6-13)16-5-4-12-8(14)10(2,3)11-9(12)15/h7,13H,4-6H2,1-3H3,(H,11,15). The molecule has 0 bridgehead atoms. The normalized spacial score (nSPS) is 21.1. The van der Waals surface area contributed by atoms with Gasteiger partial charge in [0, 0.05) is 17.5 Å². The van der Waals surface area contributed by atoms with Crippen LogP contribution in [0.5, 0.6) is 0 Å². The smallest absolute Gasteiger partial charge is 0.325 e. The van der Waals surface area contributed by atoms with Crippen LogP contribution in [0.4, 0.5) is 4.79 Å². The number of aliphatic hydroxyl groups excluding tert-OH is 1. The highest BCUT2D eigenvalue weighted by molar-refractivity contribution is 7.99. The number of hydrogen-bond donors (Lipinski definition) is 2. The molecule has 1 aliphatic heterocycles. The molecule has 1 atom stereocenters. The summed E-state index contributed by atoms with van der Waals surface area (Å²) in [4.78, 5) is 24.5. The topological polar surface area (TPSA) is 69.6 Å². The Kier molecular flexibility index (Phi) is 4.21. The summed E-state index contributed by atoms with van der Waals surface area (Å²) >= 11 is 1.54. The fourth-order valence-corrected chi connectivity index (χ4v) is 2.21. The minimum Gasteiger partial charge on any atom is -0.395 e. The Balaban J connectivity index is 2.44. The van der Waals surface area contributed by atoms with Gasteiger partial charge in [0.15, 0.2) is 0 Å². The van der Waals surface area contributed by atoms with Crippen molar-refractivity contribution in [2.45, 2.75) is 31.6 Å². The summed E-state index contributed by atoms with van der Waals surface area (Å²) in [6, 6.07) is -0.327. The van der Waals surface area contributed by atoms with E-state index in [0.717, 1.165) is 0 Å². The molecular weight excluding hydrogens is 228 g/mol. The summed E-state index contributed by atoms with van der Waals surface area (Å²) in [6.07, 6.45) is 0. The molecule has 0 saturated carbocycles. The molecule has 5 nitrogen and oxygen atoms in total. The van der Waals surface area contributed by atoms with Crippen LogP contribution < -0.4 is 5.32 Å². The van der Waals surface area contributed by atoms with E-state index in [4.69, 9.17) is 5.11 Å². The number of rotatable bonds is 5. The van der Waals surface area contributed by atoms with Crippen molar-refractivity contribution in [1.82, 2.24) is 10.2 Å².